The number of esters is 1. The molecule has 15 heavy (non-hydrogen) atoms. The zero-order valence-electron chi connectivity index (χ0n) is 8.70. The van der Waals surface area contributed by atoms with Crippen molar-refractivity contribution in [2.75, 3.05) is 13.7 Å². The van der Waals surface area contributed by atoms with Crippen LogP contribution in [0.15, 0.2) is 24.3 Å². The number of carbonyl (C=O) groups is 1. The number of methoxy groups -OCH3 is 1. The van der Waals surface area contributed by atoms with Crippen LogP contribution in [0, 0.1) is 0 Å². The monoisotopic (exact) mass is 228 g/mol. The Morgan fingerprint density at radius 1 is 1.40 bits per heavy atom. The smallest absolute Gasteiger partial charge is 0.338 e. The van der Waals surface area contributed by atoms with E-state index >= 15 is 0 Å². The van der Waals surface area contributed by atoms with Crippen LogP contribution in [-0.2, 0) is 9.47 Å². The normalized spacial score (nSPS) is 12.2. The first-order valence-corrected chi connectivity index (χ1v) is 4.96. The molecule has 1 atom stereocenters. The number of halogens is 1. The van der Waals surface area contributed by atoms with E-state index in [1.54, 1.807) is 38.3 Å². The molecule has 0 aliphatic carbocycles. The van der Waals surface area contributed by atoms with E-state index in [-0.39, 0.29) is 12.1 Å². The topological polar surface area (TPSA) is 35.5 Å². The van der Waals surface area contributed by atoms with Crippen molar-refractivity contribution >= 4 is 17.6 Å². The van der Waals surface area contributed by atoms with E-state index in [4.69, 9.17) is 21.1 Å². The minimum absolute atomic E-state index is 0.252. The van der Waals surface area contributed by atoms with E-state index in [1.807, 2.05) is 0 Å². The Balaban J connectivity index is 2.57. The fourth-order valence-corrected chi connectivity index (χ4v) is 1.23. The van der Waals surface area contributed by atoms with Gasteiger partial charge in [0.1, 0.15) is 6.10 Å². The molecule has 3 nitrogen and oxygen atoms in total. The largest absolute Gasteiger partial charge is 0.457 e. The summed E-state index contributed by atoms with van der Waals surface area (Å²) in [6.45, 7) is 2.16. The highest BCUT2D eigenvalue weighted by molar-refractivity contribution is 6.30. The van der Waals surface area contributed by atoms with Gasteiger partial charge >= 0.3 is 5.97 Å². The zero-order chi connectivity index (χ0) is 11.3. The maximum absolute atomic E-state index is 11.5. The van der Waals surface area contributed by atoms with Crippen LogP contribution in [0.5, 0.6) is 0 Å². The second-order valence-corrected chi connectivity index (χ2v) is 3.61. The van der Waals surface area contributed by atoms with Crippen molar-refractivity contribution in [3.05, 3.63) is 34.9 Å². The molecule has 0 spiro atoms. The average Bonchev–Trinajstić information content (AvgIpc) is 2.18. The highest BCUT2D eigenvalue weighted by atomic mass is 35.5. The summed E-state index contributed by atoms with van der Waals surface area (Å²) in [4.78, 5) is 11.5. The van der Waals surface area contributed by atoms with Gasteiger partial charge in [0.15, 0.2) is 0 Å². The van der Waals surface area contributed by atoms with Crippen LogP contribution < -0.4 is 0 Å². The van der Waals surface area contributed by atoms with Gasteiger partial charge in [-0.15, -0.1) is 0 Å². The molecule has 0 radical (unpaired) electrons. The van der Waals surface area contributed by atoms with Gasteiger partial charge in [0.05, 0.1) is 12.2 Å². The summed E-state index contributed by atoms with van der Waals surface area (Å²) < 4.78 is 9.97. The number of benzene rings is 1. The third kappa shape index (κ3) is 3.90. The van der Waals surface area contributed by atoms with Crippen molar-refractivity contribution in [1.82, 2.24) is 0 Å². The fraction of sp³-hybridized carbons (Fsp3) is 0.364. The second-order valence-electron chi connectivity index (χ2n) is 3.18. The molecule has 1 aromatic rings. The van der Waals surface area contributed by atoms with Crippen LogP contribution in [0.1, 0.15) is 17.3 Å². The van der Waals surface area contributed by atoms with Gasteiger partial charge in [-0.1, -0.05) is 11.6 Å². The van der Waals surface area contributed by atoms with Crippen molar-refractivity contribution in [3.8, 4) is 0 Å². The highest BCUT2D eigenvalue weighted by Gasteiger charge is 2.11. The Morgan fingerprint density at radius 3 is 2.53 bits per heavy atom. The Hall–Kier alpha value is -1.06. The number of carbonyl (C=O) groups excluding carboxylic acids is 1. The summed E-state index contributed by atoms with van der Waals surface area (Å²) in [6.07, 6.45) is -0.252. The molecule has 1 unspecified atom stereocenters. The first-order valence-electron chi connectivity index (χ1n) is 4.59. The Bertz CT molecular complexity index is 321. The maximum atomic E-state index is 11.5. The third-order valence-electron chi connectivity index (χ3n) is 1.79. The highest BCUT2D eigenvalue weighted by Crippen LogP contribution is 2.11. The molecule has 0 amide bonds. The third-order valence-corrected chi connectivity index (χ3v) is 2.04. The van der Waals surface area contributed by atoms with E-state index in [0.717, 1.165) is 0 Å². The van der Waals surface area contributed by atoms with Crippen molar-refractivity contribution in [3.63, 3.8) is 0 Å². The molecule has 4 heteroatoms. The lowest BCUT2D eigenvalue weighted by Crippen LogP contribution is -2.19. The van der Waals surface area contributed by atoms with E-state index in [1.165, 1.54) is 0 Å². The van der Waals surface area contributed by atoms with Gasteiger partial charge < -0.3 is 9.47 Å². The van der Waals surface area contributed by atoms with Gasteiger partial charge in [-0.3, -0.25) is 0 Å². The van der Waals surface area contributed by atoms with Crippen molar-refractivity contribution in [1.29, 1.82) is 0 Å². The van der Waals surface area contributed by atoms with Gasteiger partial charge in [0.25, 0.3) is 0 Å². The van der Waals surface area contributed by atoms with Crippen molar-refractivity contribution in [2.45, 2.75) is 13.0 Å². The molecule has 0 aromatic heterocycles. The second kappa shape index (κ2) is 5.73. The summed E-state index contributed by atoms with van der Waals surface area (Å²) in [5, 5.41) is 0.594. The average molecular weight is 229 g/mol. The summed E-state index contributed by atoms with van der Waals surface area (Å²) >= 11 is 5.70. The number of hydrogen-bond donors (Lipinski definition) is 0. The van der Waals surface area contributed by atoms with Gasteiger partial charge in [-0.25, -0.2) is 4.79 Å². The molecular weight excluding hydrogens is 216 g/mol. The summed E-state index contributed by atoms with van der Waals surface area (Å²) in [5.41, 5.74) is 0.488. The zero-order valence-corrected chi connectivity index (χ0v) is 9.45. The minimum Gasteiger partial charge on any atom is -0.457 e. The van der Waals surface area contributed by atoms with Crippen LogP contribution >= 0.6 is 11.6 Å². The molecule has 0 aliphatic heterocycles. The standard InChI is InChI=1S/C11H13ClO3/c1-8(7-14-2)15-11(13)9-3-5-10(12)6-4-9/h3-6,8H,7H2,1-2H3. The number of hydrogen-bond acceptors (Lipinski definition) is 3. The van der Waals surface area contributed by atoms with Crippen molar-refractivity contribution < 1.29 is 14.3 Å². The SMILES string of the molecule is COCC(C)OC(=O)c1ccc(Cl)cc1. The molecule has 0 saturated carbocycles. The molecule has 82 valence electrons. The summed E-state index contributed by atoms with van der Waals surface area (Å²) in [7, 11) is 1.56. The molecule has 0 fully saturated rings. The lowest BCUT2D eigenvalue weighted by molar-refractivity contribution is 0.0120. The van der Waals surface area contributed by atoms with Gasteiger partial charge in [0.2, 0.25) is 0 Å². The van der Waals surface area contributed by atoms with E-state index in [0.29, 0.717) is 17.2 Å². The Kier molecular flexibility index (Phi) is 4.59. The first-order chi connectivity index (χ1) is 7.13. The predicted molar refractivity (Wildman–Crippen MR) is 58.2 cm³/mol. The molecular formula is C11H13ClO3. The van der Waals surface area contributed by atoms with Crippen LogP contribution in [0.3, 0.4) is 0 Å². The van der Waals surface area contributed by atoms with E-state index in [9.17, 15) is 4.79 Å². The van der Waals surface area contributed by atoms with E-state index < -0.39 is 0 Å². The maximum Gasteiger partial charge on any atom is 0.338 e. The lowest BCUT2D eigenvalue weighted by Gasteiger charge is -2.11. The molecule has 1 rings (SSSR count). The van der Waals surface area contributed by atoms with Crippen molar-refractivity contribution in [2.24, 2.45) is 0 Å². The number of rotatable bonds is 4. The molecule has 0 saturated heterocycles. The van der Waals surface area contributed by atoms with Crippen LogP contribution in [0.25, 0.3) is 0 Å². The van der Waals surface area contributed by atoms with Crippen LogP contribution in [-0.4, -0.2) is 25.8 Å². The molecule has 0 N–H and O–H groups in total. The summed E-state index contributed by atoms with van der Waals surface area (Å²) in [6, 6.07) is 6.56. The minimum atomic E-state index is -0.365. The Labute approximate surface area is 93.9 Å². The van der Waals surface area contributed by atoms with Crippen LogP contribution in [0.2, 0.25) is 5.02 Å². The fourth-order valence-electron chi connectivity index (χ4n) is 1.11. The van der Waals surface area contributed by atoms with Gasteiger partial charge in [-0.2, -0.15) is 0 Å². The number of ether oxygens (including phenoxy) is 2. The predicted octanol–water partition coefficient (Wildman–Crippen LogP) is 2.53. The first kappa shape index (κ1) is 12.0. The molecule has 0 bridgehead atoms. The summed E-state index contributed by atoms with van der Waals surface area (Å²) in [5.74, 6) is -0.365. The molecule has 0 aliphatic rings. The molecule has 1 aromatic carbocycles. The van der Waals surface area contributed by atoms with Gasteiger partial charge in [-0.05, 0) is 31.2 Å². The van der Waals surface area contributed by atoms with Gasteiger partial charge in [0, 0.05) is 12.1 Å². The van der Waals surface area contributed by atoms with E-state index in [2.05, 4.69) is 0 Å². The quantitative estimate of drug-likeness (QED) is 0.743. The Morgan fingerprint density at radius 2 is 2.00 bits per heavy atom. The van der Waals surface area contributed by atoms with Crippen LogP contribution in [0.4, 0.5) is 0 Å². The molecule has 0 heterocycles. The lowest BCUT2D eigenvalue weighted by atomic mass is 10.2.